The molecule has 3 heterocycles. The summed E-state index contributed by atoms with van der Waals surface area (Å²) < 4.78 is 33.8. The Labute approximate surface area is 248 Å². The maximum atomic E-state index is 10.9. The van der Waals surface area contributed by atoms with Gasteiger partial charge in [0, 0.05) is 24.8 Å². The van der Waals surface area contributed by atoms with E-state index < -0.39 is 14.6 Å². The summed E-state index contributed by atoms with van der Waals surface area (Å²) in [7, 11) is -4.89. The van der Waals surface area contributed by atoms with Gasteiger partial charge < -0.3 is 23.8 Å². The molecule has 0 saturated carbocycles. The Morgan fingerprint density at radius 2 is 1.74 bits per heavy atom. The summed E-state index contributed by atoms with van der Waals surface area (Å²) in [6.45, 7) is 0.609. The number of rotatable bonds is 14. The predicted octanol–water partition coefficient (Wildman–Crippen LogP) is 4.22. The van der Waals surface area contributed by atoms with E-state index in [1.165, 1.54) is 16.3 Å². The molecule has 0 aliphatic carbocycles. The van der Waals surface area contributed by atoms with Crippen molar-refractivity contribution in [2.75, 3.05) is 12.3 Å². The first-order chi connectivity index (χ1) is 20.8. The fraction of sp³-hybridized carbons (Fsp3) is 0.194. The molecule has 0 fully saturated rings. The number of benzene rings is 2. The zero-order valence-electron chi connectivity index (χ0n) is 23.2. The monoisotopic (exact) mass is 602 g/mol. The molecule has 3 N–H and O–H groups in total. The second-order valence-corrected chi connectivity index (χ2v) is 10.9. The van der Waals surface area contributed by atoms with Crippen LogP contribution in [0.3, 0.4) is 0 Å². The van der Waals surface area contributed by atoms with Crippen LogP contribution in [0.2, 0.25) is 0 Å². The van der Waals surface area contributed by atoms with Crippen molar-refractivity contribution in [3.8, 4) is 23.0 Å². The molecule has 0 radical (unpaired) electrons. The third-order valence-electron chi connectivity index (χ3n) is 6.51. The fourth-order valence-electron chi connectivity index (χ4n) is 4.30. The van der Waals surface area contributed by atoms with Crippen LogP contribution < -0.4 is 24.7 Å². The highest BCUT2D eigenvalue weighted by atomic mass is 31.2. The fourth-order valence-corrected chi connectivity index (χ4v) is 4.57. The molecule has 0 saturated heterocycles. The van der Waals surface area contributed by atoms with E-state index in [2.05, 4.69) is 26.8 Å². The quantitative estimate of drug-likeness (QED) is 0.107. The zero-order valence-corrected chi connectivity index (χ0v) is 24.1. The molecule has 0 amide bonds. The Kier molecular flexibility index (Phi) is 9.81. The number of pyridine rings is 2. The lowest BCUT2D eigenvalue weighted by Gasteiger charge is -2.14. The Morgan fingerprint density at radius 3 is 2.49 bits per heavy atom. The van der Waals surface area contributed by atoms with Gasteiger partial charge in [-0.3, -0.25) is 14.8 Å². The summed E-state index contributed by atoms with van der Waals surface area (Å²) in [6.07, 6.45) is 5.45. The van der Waals surface area contributed by atoms with E-state index in [0.717, 1.165) is 29.7 Å². The number of phosphoric acid groups is 1. The van der Waals surface area contributed by atoms with Crippen LogP contribution in [0, 0.1) is 0 Å². The molecule has 0 spiro atoms. The van der Waals surface area contributed by atoms with E-state index >= 15 is 0 Å². The molecule has 1 atom stereocenters. The van der Waals surface area contributed by atoms with E-state index in [9.17, 15) is 9.46 Å². The predicted molar refractivity (Wildman–Crippen MR) is 156 cm³/mol. The smallest absolute Gasteiger partial charge is 0.285 e. The second-order valence-electron chi connectivity index (χ2n) is 9.74. The molecule has 3 aromatic heterocycles. The minimum absolute atomic E-state index is 0.187. The number of aromatic nitrogens is 3. The van der Waals surface area contributed by atoms with Crippen molar-refractivity contribution in [1.82, 2.24) is 10.1 Å². The van der Waals surface area contributed by atoms with Gasteiger partial charge in [-0.25, -0.2) is 9.55 Å². The van der Waals surface area contributed by atoms with Gasteiger partial charge in [0.2, 0.25) is 5.88 Å². The number of nitrogens with two attached hydrogens (primary N) is 1. The maximum absolute atomic E-state index is 10.9. The molecule has 5 aromatic rings. The topological polar surface area (TPSA) is 157 Å². The highest BCUT2D eigenvalue weighted by molar-refractivity contribution is 7.44. The molecule has 0 aliphatic rings. The average Bonchev–Trinajstić information content (AvgIpc) is 3.47. The third kappa shape index (κ3) is 8.97. The van der Waals surface area contributed by atoms with Crippen LogP contribution in [0.1, 0.15) is 28.8 Å². The van der Waals surface area contributed by atoms with E-state index in [-0.39, 0.29) is 5.82 Å². The summed E-state index contributed by atoms with van der Waals surface area (Å²) in [5.74, 6) is 1.98. The minimum atomic E-state index is -4.89. The van der Waals surface area contributed by atoms with Crippen LogP contribution >= 0.6 is 7.82 Å². The van der Waals surface area contributed by atoms with E-state index in [0.29, 0.717) is 42.5 Å². The largest absolute Gasteiger partial charge is 0.756 e. The first-order valence-electron chi connectivity index (χ1n) is 13.6. The van der Waals surface area contributed by atoms with Crippen LogP contribution in [-0.4, -0.2) is 21.6 Å². The number of nitrogens with zero attached hydrogens (tertiary/aromatic N) is 3. The molecule has 222 valence electrons. The first-order valence-corrected chi connectivity index (χ1v) is 15.1. The Morgan fingerprint density at radius 1 is 0.953 bits per heavy atom. The normalized spacial score (nSPS) is 12.5. The first kappa shape index (κ1) is 29.9. The number of aryl methyl sites for hydroxylation is 1. The van der Waals surface area contributed by atoms with Gasteiger partial charge in [0.25, 0.3) is 13.6 Å². The van der Waals surface area contributed by atoms with Gasteiger partial charge in [0.1, 0.15) is 17.9 Å². The van der Waals surface area contributed by atoms with Crippen molar-refractivity contribution < 1.29 is 37.4 Å². The van der Waals surface area contributed by atoms with Crippen molar-refractivity contribution in [2.24, 2.45) is 0 Å². The zero-order chi connectivity index (χ0) is 30.1. The number of ether oxygens (including phenoxy) is 2. The average molecular weight is 603 g/mol. The lowest BCUT2D eigenvalue weighted by molar-refractivity contribution is -0.712. The third-order valence-corrected chi connectivity index (χ3v) is 6.95. The number of anilines is 1. The van der Waals surface area contributed by atoms with Gasteiger partial charge in [-0.15, -0.1) is 0 Å². The Hall–Kier alpha value is -4.54. The molecular formula is C31H31N4O7P. The van der Waals surface area contributed by atoms with Crippen LogP contribution in [0.25, 0.3) is 11.3 Å². The summed E-state index contributed by atoms with van der Waals surface area (Å²) in [6, 6.07) is 27.0. The Balaban J connectivity index is 1.06. The minimum Gasteiger partial charge on any atom is -0.756 e. The molecule has 11 nitrogen and oxygen atoms in total. The van der Waals surface area contributed by atoms with Gasteiger partial charge in [-0.1, -0.05) is 53.7 Å². The summed E-state index contributed by atoms with van der Waals surface area (Å²) >= 11 is 0. The van der Waals surface area contributed by atoms with E-state index in [1.54, 1.807) is 24.4 Å². The Bertz CT molecular complexity index is 1660. The van der Waals surface area contributed by atoms with Crippen LogP contribution in [0.4, 0.5) is 5.82 Å². The number of hydrogen-bond acceptors (Lipinski definition) is 9. The van der Waals surface area contributed by atoms with Gasteiger partial charge in [0.15, 0.2) is 12.5 Å². The SMILES string of the molecule is Nc1c(-c2cc(Cc3ccc(OCCCc4ccc(OCc5ccccc5)cc4)nc3)no2)ccc[n+]1COP(=O)([O-])O. The number of hydrogen-bond donors (Lipinski definition) is 2. The molecule has 0 bridgehead atoms. The van der Waals surface area contributed by atoms with Crippen LogP contribution in [0.5, 0.6) is 11.6 Å². The molecule has 1 unspecified atom stereocenters. The molecule has 0 aliphatic heterocycles. The molecular weight excluding hydrogens is 571 g/mol. The molecule has 5 rings (SSSR count). The van der Waals surface area contributed by atoms with Gasteiger partial charge in [0.05, 0.1) is 18.5 Å². The lowest BCUT2D eigenvalue weighted by Crippen LogP contribution is -2.38. The van der Waals surface area contributed by atoms with Gasteiger partial charge >= 0.3 is 0 Å². The lowest BCUT2D eigenvalue weighted by atomic mass is 10.1. The summed E-state index contributed by atoms with van der Waals surface area (Å²) in [4.78, 5) is 24.2. The van der Waals surface area contributed by atoms with Gasteiger partial charge in [-0.05, 0) is 53.8 Å². The molecule has 2 aromatic carbocycles. The molecule has 43 heavy (non-hydrogen) atoms. The maximum Gasteiger partial charge on any atom is 0.285 e. The standard InChI is InChI=1S/C31H31N4O7P/c32-31-28(9-4-16-35(31)22-41-43(36,37)38)29-19-26(34-42-29)18-25-12-15-30(33-20-25)39-17-5-8-23-10-13-27(14-11-23)40-21-24-6-2-1-3-7-24/h1-4,6-7,9-16,19-20,32H,5,8,17-18,21-22H2,(H2,36,37,38). The van der Waals surface area contributed by atoms with Crippen molar-refractivity contribution in [1.29, 1.82) is 0 Å². The van der Waals surface area contributed by atoms with Crippen molar-refractivity contribution in [2.45, 2.75) is 32.6 Å². The second kappa shape index (κ2) is 14.1. The summed E-state index contributed by atoms with van der Waals surface area (Å²) in [5.41, 5.74) is 10.6. The highest BCUT2D eigenvalue weighted by Gasteiger charge is 2.18. The van der Waals surface area contributed by atoms with Crippen molar-refractivity contribution in [3.05, 3.63) is 120 Å². The van der Waals surface area contributed by atoms with Crippen molar-refractivity contribution in [3.63, 3.8) is 0 Å². The van der Waals surface area contributed by atoms with E-state index in [4.69, 9.17) is 24.6 Å². The van der Waals surface area contributed by atoms with Crippen LogP contribution in [0.15, 0.2) is 102 Å². The number of phosphoric ester groups is 1. The van der Waals surface area contributed by atoms with E-state index in [1.807, 2.05) is 54.6 Å². The van der Waals surface area contributed by atoms with Gasteiger partial charge in [-0.2, -0.15) is 0 Å². The summed E-state index contributed by atoms with van der Waals surface area (Å²) in [5, 5.41) is 4.11. The molecule has 12 heteroatoms. The number of nitrogen functional groups attached to an aromatic ring is 1. The van der Waals surface area contributed by atoms with Crippen molar-refractivity contribution >= 4 is 13.6 Å². The van der Waals surface area contributed by atoms with Crippen LogP contribution in [-0.2, 0) is 35.3 Å². The highest BCUT2D eigenvalue weighted by Crippen LogP contribution is 2.30.